The number of hydrogen-bond acceptors (Lipinski definition) is 2. The molecule has 0 unspecified atom stereocenters. The quantitative estimate of drug-likeness (QED) is 0.534. The van der Waals surface area contributed by atoms with Gasteiger partial charge in [-0.05, 0) is 17.7 Å². The van der Waals surface area contributed by atoms with Gasteiger partial charge in [-0.3, -0.25) is 4.79 Å². The fourth-order valence-corrected chi connectivity index (χ4v) is 3.30. The van der Waals surface area contributed by atoms with Gasteiger partial charge in [0.2, 0.25) is 0 Å². The number of aromatic nitrogens is 2. The summed E-state index contributed by atoms with van der Waals surface area (Å²) in [6.07, 6.45) is 0.717. The van der Waals surface area contributed by atoms with Gasteiger partial charge in [-0.2, -0.15) is 0 Å². The first kappa shape index (κ1) is 16.2. The van der Waals surface area contributed by atoms with Gasteiger partial charge in [0.25, 0.3) is 0 Å². The van der Waals surface area contributed by atoms with E-state index in [2.05, 4.69) is 20.9 Å². The minimum atomic E-state index is 0.187. The number of carbonyl (C=O) groups excluding carboxylic acids is 1. The van der Waals surface area contributed by atoms with Crippen molar-refractivity contribution in [1.82, 2.24) is 9.55 Å². The van der Waals surface area contributed by atoms with E-state index in [0.29, 0.717) is 29.4 Å². The predicted molar refractivity (Wildman–Crippen MR) is 96.3 cm³/mol. The first-order valence-electron chi connectivity index (χ1n) is 6.80. The third-order valence-electron chi connectivity index (χ3n) is 3.45. The smallest absolute Gasteiger partial charge is 0.169 e. The number of imidazole rings is 1. The molecular formula is C17H11BrCl2N2O. The fourth-order valence-electron chi connectivity index (χ4n) is 2.34. The van der Waals surface area contributed by atoms with E-state index in [1.807, 2.05) is 48.5 Å². The summed E-state index contributed by atoms with van der Waals surface area (Å²) in [5.41, 5.74) is 2.10. The van der Waals surface area contributed by atoms with Crippen LogP contribution in [-0.4, -0.2) is 15.8 Å². The molecule has 0 radical (unpaired) electrons. The van der Waals surface area contributed by atoms with Crippen molar-refractivity contribution in [2.75, 3.05) is 0 Å². The second-order valence-electron chi connectivity index (χ2n) is 4.92. The van der Waals surface area contributed by atoms with Gasteiger partial charge >= 0.3 is 0 Å². The highest BCUT2D eigenvalue weighted by molar-refractivity contribution is 9.10. The van der Waals surface area contributed by atoms with E-state index in [9.17, 15) is 4.79 Å². The lowest BCUT2D eigenvalue weighted by atomic mass is 10.2. The van der Waals surface area contributed by atoms with Crippen LogP contribution in [0.2, 0.25) is 10.2 Å². The number of carbonyl (C=O) groups is 1. The van der Waals surface area contributed by atoms with Crippen LogP contribution in [0.25, 0.3) is 11.4 Å². The molecular weight excluding hydrogens is 399 g/mol. The Labute approximate surface area is 152 Å². The average Bonchev–Trinajstić information content (AvgIpc) is 2.86. The minimum Gasteiger partial charge on any atom is -0.316 e. The summed E-state index contributed by atoms with van der Waals surface area (Å²) in [6.45, 7) is 0.407. The summed E-state index contributed by atoms with van der Waals surface area (Å²) in [5, 5.41) is 0.798. The monoisotopic (exact) mass is 408 g/mol. The molecule has 0 bridgehead atoms. The summed E-state index contributed by atoms with van der Waals surface area (Å²) in [4.78, 5) is 15.8. The molecule has 116 valence electrons. The number of rotatable bonds is 4. The van der Waals surface area contributed by atoms with Gasteiger partial charge in [0.1, 0.15) is 11.5 Å². The predicted octanol–water partition coefficient (Wildman–Crippen LogP) is 5.48. The molecule has 0 aliphatic rings. The van der Waals surface area contributed by atoms with Crippen molar-refractivity contribution in [3.63, 3.8) is 0 Å². The molecule has 0 saturated heterocycles. The summed E-state index contributed by atoms with van der Waals surface area (Å²) in [6, 6.07) is 15.2. The van der Waals surface area contributed by atoms with Crippen LogP contribution in [0.3, 0.4) is 0 Å². The van der Waals surface area contributed by atoms with Crippen molar-refractivity contribution in [2.24, 2.45) is 0 Å². The lowest BCUT2D eigenvalue weighted by Crippen LogP contribution is -2.06. The Hall–Kier alpha value is -1.62. The highest BCUT2D eigenvalue weighted by Gasteiger charge is 2.17. The molecule has 3 nitrogen and oxygen atoms in total. The second kappa shape index (κ2) is 6.87. The van der Waals surface area contributed by atoms with Crippen LogP contribution >= 0.6 is 39.1 Å². The van der Waals surface area contributed by atoms with Crippen molar-refractivity contribution in [1.29, 1.82) is 0 Å². The maximum absolute atomic E-state index is 11.4. The summed E-state index contributed by atoms with van der Waals surface area (Å²) in [7, 11) is 0. The molecule has 2 aromatic carbocycles. The van der Waals surface area contributed by atoms with Crippen LogP contribution in [0, 0.1) is 0 Å². The van der Waals surface area contributed by atoms with Gasteiger partial charge in [-0.25, -0.2) is 4.98 Å². The maximum Gasteiger partial charge on any atom is 0.169 e. The zero-order valence-electron chi connectivity index (χ0n) is 11.8. The van der Waals surface area contributed by atoms with E-state index in [0.717, 1.165) is 15.6 Å². The molecule has 0 aliphatic carbocycles. The second-order valence-corrected chi connectivity index (χ2v) is 6.60. The average molecular weight is 410 g/mol. The Bertz CT molecular complexity index is 863. The number of benzene rings is 2. The topological polar surface area (TPSA) is 34.9 Å². The molecule has 1 aromatic heterocycles. The standard InChI is InChI=1S/C17H11BrCl2N2O/c18-13-7-6-12(14(19)8-13)9-22-15(10-23)16(20)21-17(22)11-4-2-1-3-5-11/h1-8,10H,9H2. The Morgan fingerprint density at radius 2 is 1.87 bits per heavy atom. The largest absolute Gasteiger partial charge is 0.316 e. The highest BCUT2D eigenvalue weighted by atomic mass is 79.9. The molecule has 0 spiro atoms. The zero-order chi connectivity index (χ0) is 16.4. The van der Waals surface area contributed by atoms with Crippen molar-refractivity contribution in [3.8, 4) is 11.4 Å². The van der Waals surface area contributed by atoms with E-state index in [-0.39, 0.29) is 5.15 Å². The van der Waals surface area contributed by atoms with Crippen LogP contribution in [-0.2, 0) is 6.54 Å². The number of hydrogen-bond donors (Lipinski definition) is 0. The third kappa shape index (κ3) is 3.34. The SMILES string of the molecule is O=Cc1c(Cl)nc(-c2ccccc2)n1Cc1ccc(Br)cc1Cl. The molecule has 0 amide bonds. The summed E-state index contributed by atoms with van der Waals surface area (Å²) < 4.78 is 2.67. The van der Waals surface area contributed by atoms with Crippen molar-refractivity contribution < 1.29 is 4.79 Å². The van der Waals surface area contributed by atoms with Gasteiger partial charge in [-0.1, -0.05) is 75.5 Å². The summed E-state index contributed by atoms with van der Waals surface area (Å²) in [5.74, 6) is 0.636. The van der Waals surface area contributed by atoms with Crippen LogP contribution in [0.4, 0.5) is 0 Å². The van der Waals surface area contributed by atoms with E-state index in [4.69, 9.17) is 23.2 Å². The molecule has 3 rings (SSSR count). The lowest BCUT2D eigenvalue weighted by Gasteiger charge is -2.11. The fraction of sp³-hybridized carbons (Fsp3) is 0.0588. The lowest BCUT2D eigenvalue weighted by molar-refractivity contribution is 0.111. The normalized spacial score (nSPS) is 10.7. The molecule has 0 atom stereocenters. The molecule has 0 fully saturated rings. The van der Waals surface area contributed by atoms with Crippen LogP contribution in [0.1, 0.15) is 16.1 Å². The molecule has 6 heteroatoms. The van der Waals surface area contributed by atoms with E-state index < -0.39 is 0 Å². The molecule has 1 heterocycles. The highest BCUT2D eigenvalue weighted by Crippen LogP contribution is 2.28. The van der Waals surface area contributed by atoms with Gasteiger partial charge in [0, 0.05) is 15.1 Å². The molecule has 0 saturated carbocycles. The Kier molecular flexibility index (Phi) is 4.85. The Morgan fingerprint density at radius 1 is 1.13 bits per heavy atom. The minimum absolute atomic E-state index is 0.187. The van der Waals surface area contributed by atoms with Crippen LogP contribution < -0.4 is 0 Å². The van der Waals surface area contributed by atoms with E-state index in [1.165, 1.54) is 0 Å². The Morgan fingerprint density at radius 3 is 2.52 bits per heavy atom. The van der Waals surface area contributed by atoms with Crippen molar-refractivity contribution in [3.05, 3.63) is 74.4 Å². The maximum atomic E-state index is 11.4. The van der Waals surface area contributed by atoms with E-state index in [1.54, 1.807) is 4.57 Å². The Balaban J connectivity index is 2.12. The first-order valence-corrected chi connectivity index (χ1v) is 8.35. The van der Waals surface area contributed by atoms with Gasteiger partial charge in [0.15, 0.2) is 11.4 Å². The summed E-state index contributed by atoms with van der Waals surface area (Å²) >= 11 is 15.8. The number of nitrogens with zero attached hydrogens (tertiary/aromatic N) is 2. The van der Waals surface area contributed by atoms with Crippen LogP contribution in [0.15, 0.2) is 53.0 Å². The number of aldehydes is 1. The molecule has 0 N–H and O–H groups in total. The van der Waals surface area contributed by atoms with Gasteiger partial charge in [0.05, 0.1) is 6.54 Å². The molecule has 23 heavy (non-hydrogen) atoms. The van der Waals surface area contributed by atoms with E-state index >= 15 is 0 Å². The third-order valence-corrected chi connectivity index (χ3v) is 4.57. The molecule has 3 aromatic rings. The van der Waals surface area contributed by atoms with Crippen molar-refractivity contribution in [2.45, 2.75) is 6.54 Å². The van der Waals surface area contributed by atoms with Gasteiger partial charge < -0.3 is 4.57 Å². The zero-order valence-corrected chi connectivity index (χ0v) is 14.9. The van der Waals surface area contributed by atoms with Crippen molar-refractivity contribution >= 4 is 45.4 Å². The first-order chi connectivity index (χ1) is 11.1. The molecule has 0 aliphatic heterocycles. The van der Waals surface area contributed by atoms with Gasteiger partial charge in [-0.15, -0.1) is 0 Å². The number of halogens is 3. The van der Waals surface area contributed by atoms with Crippen LogP contribution in [0.5, 0.6) is 0 Å².